The molecular weight excluding hydrogens is 372 g/mol. The van der Waals surface area contributed by atoms with Crippen molar-refractivity contribution in [1.82, 2.24) is 0 Å². The van der Waals surface area contributed by atoms with Gasteiger partial charge >= 0.3 is 0 Å². The number of carbonyl (C=O) groups excluding carboxylic acids is 1. The Morgan fingerprint density at radius 2 is 1.93 bits per heavy atom. The fourth-order valence-electron chi connectivity index (χ4n) is 3.64. The topological polar surface area (TPSA) is 85.2 Å². The maximum Gasteiger partial charge on any atom is 0.192 e. The summed E-state index contributed by atoms with van der Waals surface area (Å²) in [6.45, 7) is 4.15. The summed E-state index contributed by atoms with van der Waals surface area (Å²) in [5.74, 6) is 0.998. The van der Waals surface area contributed by atoms with Gasteiger partial charge < -0.3 is 24.4 Å². The monoisotopic (exact) mass is 400 g/mol. The van der Waals surface area contributed by atoms with Crippen LogP contribution >= 0.6 is 0 Å². The van der Waals surface area contributed by atoms with Crippen molar-refractivity contribution >= 4 is 5.78 Å². The molecular formula is C23H28O6. The number of aliphatic hydroxyl groups is 2. The van der Waals surface area contributed by atoms with Gasteiger partial charge in [-0.1, -0.05) is 12.1 Å². The molecule has 156 valence electrons. The Hall–Kier alpha value is -2.41. The van der Waals surface area contributed by atoms with Crippen molar-refractivity contribution in [3.63, 3.8) is 0 Å². The maximum absolute atomic E-state index is 11.9. The molecule has 6 heteroatoms. The second kappa shape index (κ2) is 9.39. The van der Waals surface area contributed by atoms with E-state index in [0.29, 0.717) is 18.8 Å². The largest absolute Gasteiger partial charge is 0.496 e. The lowest BCUT2D eigenvalue weighted by molar-refractivity contribution is -0.162. The average Bonchev–Trinajstić information content (AvgIpc) is 2.72. The van der Waals surface area contributed by atoms with Gasteiger partial charge in [0.25, 0.3) is 0 Å². The first-order valence-electron chi connectivity index (χ1n) is 9.84. The third-order valence-corrected chi connectivity index (χ3v) is 5.24. The summed E-state index contributed by atoms with van der Waals surface area (Å²) >= 11 is 0. The lowest BCUT2D eigenvalue weighted by Gasteiger charge is -2.32. The summed E-state index contributed by atoms with van der Waals surface area (Å²) in [5, 5.41) is 19.5. The standard InChI is InChI=1S/C23H28O6/c1-4-28-17-7-5-15(6-8-17)10-16-11-18(20(27-3)9-14(16)2)21-12-19(25)23(26)22(13-24)29-21/h5-9,11,19,21-22,24-25H,4,10,12-13H2,1-3H3. The van der Waals surface area contributed by atoms with Gasteiger partial charge in [-0.3, -0.25) is 4.79 Å². The Morgan fingerprint density at radius 1 is 1.21 bits per heavy atom. The van der Waals surface area contributed by atoms with E-state index in [0.717, 1.165) is 28.0 Å². The summed E-state index contributed by atoms with van der Waals surface area (Å²) in [6, 6.07) is 11.9. The molecule has 1 saturated heterocycles. The Kier molecular flexibility index (Phi) is 6.90. The van der Waals surface area contributed by atoms with Crippen molar-refractivity contribution in [1.29, 1.82) is 0 Å². The first-order valence-corrected chi connectivity index (χ1v) is 9.84. The fourth-order valence-corrected chi connectivity index (χ4v) is 3.64. The first-order chi connectivity index (χ1) is 14.0. The predicted octanol–water partition coefficient (Wildman–Crippen LogP) is 2.75. The van der Waals surface area contributed by atoms with Gasteiger partial charge in [0, 0.05) is 12.0 Å². The molecule has 3 atom stereocenters. The van der Waals surface area contributed by atoms with Crippen molar-refractivity contribution < 1.29 is 29.2 Å². The van der Waals surface area contributed by atoms with Gasteiger partial charge in [0.15, 0.2) is 5.78 Å². The number of ether oxygens (including phenoxy) is 3. The van der Waals surface area contributed by atoms with Crippen LogP contribution in [0.2, 0.25) is 0 Å². The molecule has 1 heterocycles. The molecule has 0 amide bonds. The van der Waals surface area contributed by atoms with Crippen LogP contribution in [0.5, 0.6) is 11.5 Å². The molecule has 3 unspecified atom stereocenters. The van der Waals surface area contributed by atoms with Crippen molar-refractivity contribution in [3.05, 3.63) is 58.7 Å². The van der Waals surface area contributed by atoms with E-state index < -0.39 is 30.7 Å². The van der Waals surface area contributed by atoms with Crippen LogP contribution in [-0.2, 0) is 16.0 Å². The van der Waals surface area contributed by atoms with E-state index in [1.54, 1.807) is 7.11 Å². The minimum Gasteiger partial charge on any atom is -0.496 e. The number of carbonyl (C=O) groups is 1. The summed E-state index contributed by atoms with van der Waals surface area (Å²) in [4.78, 5) is 11.9. The minimum atomic E-state index is -1.16. The smallest absolute Gasteiger partial charge is 0.192 e. The average molecular weight is 400 g/mol. The van der Waals surface area contributed by atoms with E-state index in [9.17, 15) is 15.0 Å². The molecule has 2 N–H and O–H groups in total. The molecule has 2 aromatic carbocycles. The van der Waals surface area contributed by atoms with Gasteiger partial charge in [-0.25, -0.2) is 0 Å². The van der Waals surface area contributed by atoms with Crippen LogP contribution in [0.3, 0.4) is 0 Å². The number of aliphatic hydroxyl groups excluding tert-OH is 2. The number of benzene rings is 2. The Balaban J connectivity index is 1.89. The van der Waals surface area contributed by atoms with Gasteiger partial charge in [-0.05, 0) is 61.2 Å². The minimum absolute atomic E-state index is 0.136. The Morgan fingerprint density at radius 3 is 2.55 bits per heavy atom. The molecule has 2 aromatic rings. The summed E-state index contributed by atoms with van der Waals surface area (Å²) < 4.78 is 16.8. The molecule has 1 aliphatic rings. The molecule has 3 rings (SSSR count). The SMILES string of the molecule is CCOc1ccc(Cc2cc(C3CC(O)C(=O)C(CO)O3)c(OC)cc2C)cc1. The van der Waals surface area contributed by atoms with Crippen LogP contribution in [0, 0.1) is 6.92 Å². The van der Waals surface area contributed by atoms with Crippen LogP contribution < -0.4 is 9.47 Å². The highest BCUT2D eigenvalue weighted by molar-refractivity contribution is 5.88. The zero-order valence-electron chi connectivity index (χ0n) is 17.1. The lowest BCUT2D eigenvalue weighted by Crippen LogP contribution is -2.43. The van der Waals surface area contributed by atoms with Crippen LogP contribution in [0.4, 0.5) is 0 Å². The van der Waals surface area contributed by atoms with Crippen molar-refractivity contribution in [2.75, 3.05) is 20.3 Å². The Bertz CT molecular complexity index is 845. The third-order valence-electron chi connectivity index (χ3n) is 5.24. The number of rotatable bonds is 7. The van der Waals surface area contributed by atoms with Crippen molar-refractivity contribution in [2.24, 2.45) is 0 Å². The van der Waals surface area contributed by atoms with Crippen molar-refractivity contribution in [3.8, 4) is 11.5 Å². The molecule has 1 fully saturated rings. The molecule has 0 radical (unpaired) electrons. The van der Waals surface area contributed by atoms with Crippen LogP contribution in [-0.4, -0.2) is 48.5 Å². The molecule has 0 saturated carbocycles. The van der Waals surface area contributed by atoms with Gasteiger partial charge in [-0.15, -0.1) is 0 Å². The zero-order chi connectivity index (χ0) is 21.0. The highest BCUT2D eigenvalue weighted by atomic mass is 16.5. The summed E-state index contributed by atoms with van der Waals surface area (Å²) in [6.07, 6.45) is -1.87. The van der Waals surface area contributed by atoms with E-state index in [2.05, 4.69) is 0 Å². The number of ketones is 1. The van der Waals surface area contributed by atoms with Crippen LogP contribution in [0.1, 0.15) is 41.7 Å². The van der Waals surface area contributed by atoms with Crippen LogP contribution in [0.25, 0.3) is 0 Å². The van der Waals surface area contributed by atoms with Gasteiger partial charge in [0.1, 0.15) is 23.7 Å². The molecule has 0 spiro atoms. The van der Waals surface area contributed by atoms with Crippen LogP contribution in [0.15, 0.2) is 36.4 Å². The quantitative estimate of drug-likeness (QED) is 0.743. The summed E-state index contributed by atoms with van der Waals surface area (Å²) in [5.41, 5.74) is 4.08. The second-order valence-electron chi connectivity index (χ2n) is 7.22. The normalized spacial score (nSPS) is 21.8. The number of hydrogen-bond acceptors (Lipinski definition) is 6. The Labute approximate surface area is 171 Å². The first kappa shape index (κ1) is 21.3. The molecule has 29 heavy (non-hydrogen) atoms. The lowest BCUT2D eigenvalue weighted by atomic mass is 9.91. The van der Waals surface area contributed by atoms with E-state index in [-0.39, 0.29) is 6.42 Å². The number of methoxy groups -OCH3 is 1. The fraction of sp³-hybridized carbons (Fsp3) is 0.435. The summed E-state index contributed by atoms with van der Waals surface area (Å²) in [7, 11) is 1.58. The van der Waals surface area contributed by atoms with E-state index in [4.69, 9.17) is 14.2 Å². The number of Topliss-reactive ketones (excluding diaryl/α,β-unsaturated/α-hetero) is 1. The predicted molar refractivity (Wildman–Crippen MR) is 108 cm³/mol. The third kappa shape index (κ3) is 4.78. The number of aryl methyl sites for hydroxylation is 1. The highest BCUT2D eigenvalue weighted by Crippen LogP contribution is 2.37. The molecule has 6 nitrogen and oxygen atoms in total. The molecule has 0 aliphatic carbocycles. The van der Waals surface area contributed by atoms with Gasteiger partial charge in [0.2, 0.25) is 0 Å². The highest BCUT2D eigenvalue weighted by Gasteiger charge is 2.37. The molecule has 0 bridgehead atoms. The van der Waals surface area contributed by atoms with Crippen molar-refractivity contribution in [2.45, 2.75) is 45.0 Å². The zero-order valence-corrected chi connectivity index (χ0v) is 17.1. The van der Waals surface area contributed by atoms with Gasteiger partial charge in [0.05, 0.1) is 26.4 Å². The van der Waals surface area contributed by atoms with E-state index in [1.807, 2.05) is 50.2 Å². The molecule has 0 aromatic heterocycles. The second-order valence-corrected chi connectivity index (χ2v) is 7.22. The number of hydrogen-bond donors (Lipinski definition) is 2. The molecule has 1 aliphatic heterocycles. The van der Waals surface area contributed by atoms with Gasteiger partial charge in [-0.2, -0.15) is 0 Å². The van der Waals surface area contributed by atoms with E-state index in [1.165, 1.54) is 0 Å². The maximum atomic E-state index is 11.9. The van der Waals surface area contributed by atoms with E-state index >= 15 is 0 Å².